The molecule has 0 bridgehead atoms. The number of rotatable bonds is 6. The summed E-state index contributed by atoms with van der Waals surface area (Å²) in [6, 6.07) is 23.7. The molecule has 1 aliphatic heterocycles. The highest BCUT2D eigenvalue weighted by Gasteiger charge is 2.30. The molecule has 0 amide bonds. The lowest BCUT2D eigenvalue weighted by molar-refractivity contribution is -0.137. The first-order valence-corrected chi connectivity index (χ1v) is 14.8. The summed E-state index contributed by atoms with van der Waals surface area (Å²) in [5.74, 6) is 1.16. The van der Waals surface area contributed by atoms with Crippen molar-refractivity contribution in [3.63, 3.8) is 0 Å². The zero-order valence-corrected chi connectivity index (χ0v) is 23.8. The maximum absolute atomic E-state index is 13.1. The first-order chi connectivity index (χ1) is 19.8. The Morgan fingerprint density at radius 3 is 2.37 bits per heavy atom. The van der Waals surface area contributed by atoms with Crippen LogP contribution in [0.3, 0.4) is 0 Å². The van der Waals surface area contributed by atoms with E-state index in [1.54, 1.807) is 23.5 Å². The van der Waals surface area contributed by atoms with Gasteiger partial charge in [0, 0.05) is 53.4 Å². The molecule has 0 saturated carbocycles. The van der Waals surface area contributed by atoms with E-state index in [0.717, 1.165) is 94.9 Å². The summed E-state index contributed by atoms with van der Waals surface area (Å²) in [4.78, 5) is 12.5. The van der Waals surface area contributed by atoms with Crippen LogP contribution >= 0.6 is 11.3 Å². The van der Waals surface area contributed by atoms with Crippen molar-refractivity contribution in [2.24, 2.45) is 0 Å². The van der Waals surface area contributed by atoms with Crippen LogP contribution in [-0.4, -0.2) is 27.6 Å². The number of hydrogen-bond donors (Lipinski definition) is 0. The molecule has 1 atom stereocenters. The SMILES string of the molecule is CCn1c(-c2csc(C3CCCN(c4ccccc4-c4ccc(C(F)(F)F)cc4)C3)n2)nc(-c2ccccc2)c1C. The number of anilines is 1. The molecule has 210 valence electrons. The Bertz CT molecular complexity index is 1640. The van der Waals surface area contributed by atoms with Gasteiger partial charge in [0.15, 0.2) is 5.82 Å². The summed E-state index contributed by atoms with van der Waals surface area (Å²) in [6.45, 7) is 6.76. The Labute approximate surface area is 242 Å². The fourth-order valence-electron chi connectivity index (χ4n) is 5.79. The highest BCUT2D eigenvalue weighted by atomic mass is 32.1. The average molecular weight is 573 g/mol. The summed E-state index contributed by atoms with van der Waals surface area (Å²) in [7, 11) is 0. The number of thiazole rings is 1. The lowest BCUT2D eigenvalue weighted by Crippen LogP contribution is -2.34. The largest absolute Gasteiger partial charge is 0.416 e. The summed E-state index contributed by atoms with van der Waals surface area (Å²) >= 11 is 1.69. The molecule has 2 aromatic heterocycles. The van der Waals surface area contributed by atoms with E-state index in [9.17, 15) is 13.2 Å². The van der Waals surface area contributed by atoms with Gasteiger partial charge in [-0.1, -0.05) is 60.7 Å². The maximum atomic E-state index is 13.1. The van der Waals surface area contributed by atoms with Gasteiger partial charge in [-0.2, -0.15) is 13.2 Å². The van der Waals surface area contributed by atoms with E-state index in [1.165, 1.54) is 0 Å². The lowest BCUT2D eigenvalue weighted by atomic mass is 9.95. The molecule has 1 fully saturated rings. The Balaban J connectivity index is 1.26. The van der Waals surface area contributed by atoms with Gasteiger partial charge in [0.05, 0.1) is 16.3 Å². The molecular formula is C33H31F3N4S. The van der Waals surface area contributed by atoms with E-state index in [-0.39, 0.29) is 5.92 Å². The molecule has 41 heavy (non-hydrogen) atoms. The molecule has 4 nitrogen and oxygen atoms in total. The molecule has 1 aliphatic rings. The molecule has 8 heteroatoms. The standard InChI is InChI=1S/C33H31F3N4S/c1-3-40-22(2)30(24-10-5-4-6-11-24)38-31(40)28-21-41-32(37-28)25-12-9-19-39(20-25)29-14-8-7-13-27(29)23-15-17-26(18-16-23)33(34,35)36/h4-8,10-11,13-18,21,25H,3,9,12,19-20H2,1-2H3. The second kappa shape index (κ2) is 11.2. The van der Waals surface area contributed by atoms with Gasteiger partial charge in [-0.05, 0) is 50.5 Å². The number of imidazole rings is 1. The molecule has 3 heterocycles. The summed E-state index contributed by atoms with van der Waals surface area (Å²) in [5.41, 5.74) is 6.25. The van der Waals surface area contributed by atoms with Crippen LogP contribution in [-0.2, 0) is 12.7 Å². The third-order valence-electron chi connectivity index (χ3n) is 7.87. The molecule has 5 aromatic rings. The predicted octanol–water partition coefficient (Wildman–Crippen LogP) is 9.07. The number of hydrogen-bond acceptors (Lipinski definition) is 4. The van der Waals surface area contributed by atoms with Gasteiger partial charge in [0.25, 0.3) is 0 Å². The van der Waals surface area contributed by atoms with Crippen molar-refractivity contribution in [3.05, 3.63) is 101 Å². The minimum atomic E-state index is -4.35. The van der Waals surface area contributed by atoms with E-state index in [2.05, 4.69) is 46.9 Å². The van der Waals surface area contributed by atoms with Crippen molar-refractivity contribution in [1.29, 1.82) is 0 Å². The van der Waals surface area contributed by atoms with Gasteiger partial charge in [0.1, 0.15) is 5.69 Å². The minimum absolute atomic E-state index is 0.267. The molecule has 1 unspecified atom stereocenters. The topological polar surface area (TPSA) is 34.0 Å². The average Bonchev–Trinajstić information content (AvgIpc) is 3.62. The number of aromatic nitrogens is 3. The second-order valence-corrected chi connectivity index (χ2v) is 11.3. The number of alkyl halides is 3. The first-order valence-electron chi connectivity index (χ1n) is 13.9. The van der Waals surface area contributed by atoms with Crippen LogP contribution < -0.4 is 4.90 Å². The number of para-hydroxylation sites is 1. The van der Waals surface area contributed by atoms with Gasteiger partial charge >= 0.3 is 6.18 Å². The fraction of sp³-hybridized carbons (Fsp3) is 0.273. The Kier molecular flexibility index (Phi) is 7.43. The van der Waals surface area contributed by atoms with Crippen molar-refractivity contribution >= 4 is 17.0 Å². The highest BCUT2D eigenvalue weighted by molar-refractivity contribution is 7.10. The van der Waals surface area contributed by atoms with Crippen molar-refractivity contribution in [2.45, 2.75) is 45.3 Å². The minimum Gasteiger partial charge on any atom is -0.370 e. The van der Waals surface area contributed by atoms with E-state index in [1.807, 2.05) is 36.4 Å². The van der Waals surface area contributed by atoms with Crippen molar-refractivity contribution in [3.8, 4) is 33.9 Å². The first kappa shape index (κ1) is 27.3. The lowest BCUT2D eigenvalue weighted by Gasteiger charge is -2.35. The van der Waals surface area contributed by atoms with Crippen LogP contribution in [0.1, 0.15) is 41.9 Å². The number of halogens is 3. The molecule has 1 saturated heterocycles. The monoisotopic (exact) mass is 572 g/mol. The molecule has 3 aromatic carbocycles. The zero-order valence-electron chi connectivity index (χ0n) is 23.0. The van der Waals surface area contributed by atoms with Gasteiger partial charge in [-0.25, -0.2) is 9.97 Å². The number of benzene rings is 3. The van der Waals surface area contributed by atoms with Crippen molar-refractivity contribution in [2.75, 3.05) is 18.0 Å². The quantitative estimate of drug-likeness (QED) is 0.204. The van der Waals surface area contributed by atoms with E-state index >= 15 is 0 Å². The van der Waals surface area contributed by atoms with E-state index in [0.29, 0.717) is 0 Å². The van der Waals surface area contributed by atoms with Crippen molar-refractivity contribution < 1.29 is 13.2 Å². The van der Waals surface area contributed by atoms with Crippen LogP contribution in [0.5, 0.6) is 0 Å². The fourth-order valence-corrected chi connectivity index (χ4v) is 6.72. The van der Waals surface area contributed by atoms with Gasteiger partial charge < -0.3 is 9.47 Å². The molecular weight excluding hydrogens is 541 g/mol. The molecule has 0 spiro atoms. The normalized spacial score (nSPS) is 15.8. The predicted molar refractivity (Wildman–Crippen MR) is 160 cm³/mol. The van der Waals surface area contributed by atoms with Crippen LogP contribution in [0, 0.1) is 6.92 Å². The number of nitrogens with zero attached hydrogens (tertiary/aromatic N) is 4. The molecule has 0 aliphatic carbocycles. The molecule has 0 radical (unpaired) electrons. The maximum Gasteiger partial charge on any atom is 0.416 e. The van der Waals surface area contributed by atoms with Gasteiger partial charge in [-0.3, -0.25) is 0 Å². The van der Waals surface area contributed by atoms with E-state index < -0.39 is 11.7 Å². The Morgan fingerprint density at radius 1 is 0.902 bits per heavy atom. The van der Waals surface area contributed by atoms with Gasteiger partial charge in [-0.15, -0.1) is 11.3 Å². The molecule has 6 rings (SSSR count). The summed E-state index contributed by atoms with van der Waals surface area (Å²) in [6.07, 6.45) is -2.29. The van der Waals surface area contributed by atoms with Crippen LogP contribution in [0.15, 0.2) is 84.2 Å². The summed E-state index contributed by atoms with van der Waals surface area (Å²) < 4.78 is 41.6. The third kappa shape index (κ3) is 5.40. The Hall–Kier alpha value is -3.91. The second-order valence-electron chi connectivity index (χ2n) is 10.4. The third-order valence-corrected chi connectivity index (χ3v) is 8.88. The highest BCUT2D eigenvalue weighted by Crippen LogP contribution is 2.39. The van der Waals surface area contributed by atoms with Crippen LogP contribution in [0.2, 0.25) is 0 Å². The van der Waals surface area contributed by atoms with Crippen molar-refractivity contribution in [1.82, 2.24) is 14.5 Å². The van der Waals surface area contributed by atoms with Crippen LogP contribution in [0.4, 0.5) is 18.9 Å². The smallest absolute Gasteiger partial charge is 0.370 e. The van der Waals surface area contributed by atoms with Gasteiger partial charge in [0.2, 0.25) is 0 Å². The zero-order chi connectivity index (χ0) is 28.6. The van der Waals surface area contributed by atoms with E-state index in [4.69, 9.17) is 9.97 Å². The number of piperidine rings is 1. The Morgan fingerprint density at radius 2 is 1.63 bits per heavy atom. The molecule has 0 N–H and O–H groups in total. The van der Waals surface area contributed by atoms with Crippen LogP contribution in [0.25, 0.3) is 33.9 Å². The summed E-state index contributed by atoms with van der Waals surface area (Å²) in [5, 5.41) is 3.22.